The van der Waals surface area contributed by atoms with Crippen LogP contribution in [0.25, 0.3) is 71.3 Å². The monoisotopic (exact) mass is 670 g/mol. The highest BCUT2D eigenvalue weighted by atomic mass is 15.1. The van der Waals surface area contributed by atoms with Crippen LogP contribution in [0.2, 0.25) is 0 Å². The number of rotatable bonds is 6. The van der Waals surface area contributed by atoms with Crippen molar-refractivity contribution in [2.45, 2.75) is 0 Å². The van der Waals surface area contributed by atoms with Gasteiger partial charge in [0.25, 0.3) is 0 Å². The maximum Gasteiger partial charge on any atom is 0.0651 e. The summed E-state index contributed by atoms with van der Waals surface area (Å²) < 4.78 is 78.7. The van der Waals surface area contributed by atoms with E-state index in [-0.39, 0.29) is 58.8 Å². The minimum absolute atomic E-state index is 0.112. The second-order valence-corrected chi connectivity index (χ2v) is 12.7. The van der Waals surface area contributed by atoms with Gasteiger partial charge in [-0.05, 0) is 92.9 Å². The molecule has 52 heavy (non-hydrogen) atoms. The van der Waals surface area contributed by atoms with E-state index in [1.54, 1.807) is 18.2 Å². The van der Waals surface area contributed by atoms with E-state index < -0.39 is 12.1 Å². The van der Waals surface area contributed by atoms with E-state index in [0.717, 1.165) is 43.7 Å². The fourth-order valence-electron chi connectivity index (χ4n) is 7.42. The van der Waals surface area contributed by atoms with Gasteiger partial charge in [-0.2, -0.15) is 0 Å². The minimum atomic E-state index is -0.449. The Kier molecular flexibility index (Phi) is 5.45. The largest absolute Gasteiger partial charge is 0.310 e. The normalized spacial score (nSPS) is 13.6. The number of hydrogen-bond donors (Lipinski definition) is 0. The van der Waals surface area contributed by atoms with Crippen molar-refractivity contribution in [3.8, 4) is 27.9 Å². The molecule has 0 saturated carbocycles. The molecule has 244 valence electrons. The van der Waals surface area contributed by atoms with Crippen molar-refractivity contribution in [2.75, 3.05) is 4.90 Å². The van der Waals surface area contributed by atoms with Crippen LogP contribution in [0.1, 0.15) is 11.0 Å². The Morgan fingerprint density at radius 3 is 1.87 bits per heavy atom. The van der Waals surface area contributed by atoms with E-state index in [9.17, 15) is 11.0 Å². The van der Waals surface area contributed by atoms with Crippen molar-refractivity contribution in [1.82, 2.24) is 4.57 Å². The first-order valence-electron chi connectivity index (χ1n) is 21.2. The molecular formula is C50H34N2. The molecule has 10 rings (SSSR count). The zero-order valence-corrected chi connectivity index (χ0v) is 27.9. The predicted molar refractivity (Wildman–Crippen MR) is 221 cm³/mol. The summed E-state index contributed by atoms with van der Waals surface area (Å²) in [6.07, 6.45) is 0. The Labute approximate surface area is 314 Å². The number of para-hydroxylation sites is 2. The van der Waals surface area contributed by atoms with Gasteiger partial charge in [-0.15, -0.1) is 0 Å². The van der Waals surface area contributed by atoms with E-state index >= 15 is 0 Å². The third kappa shape index (κ3) is 4.96. The summed E-state index contributed by atoms with van der Waals surface area (Å²) in [5, 5.41) is 4.79. The van der Waals surface area contributed by atoms with E-state index in [2.05, 4.69) is 4.57 Å². The lowest BCUT2D eigenvalue weighted by atomic mass is 9.97. The number of benzene rings is 9. The minimum Gasteiger partial charge on any atom is -0.310 e. The third-order valence-electron chi connectivity index (χ3n) is 9.72. The van der Waals surface area contributed by atoms with Gasteiger partial charge in [0.2, 0.25) is 0 Å². The van der Waals surface area contributed by atoms with Crippen molar-refractivity contribution in [2.24, 2.45) is 0 Å². The van der Waals surface area contributed by atoms with Crippen molar-refractivity contribution in [3.63, 3.8) is 0 Å². The van der Waals surface area contributed by atoms with Crippen LogP contribution in [0.15, 0.2) is 206 Å². The molecule has 0 bridgehead atoms. The van der Waals surface area contributed by atoms with Crippen molar-refractivity contribution >= 4 is 60.4 Å². The summed E-state index contributed by atoms with van der Waals surface area (Å²) in [4.78, 5) is 1.44. The molecule has 0 radical (unpaired) electrons. The molecule has 0 spiro atoms. The predicted octanol–water partition coefficient (Wildman–Crippen LogP) is 13.9. The quantitative estimate of drug-likeness (QED) is 0.171. The van der Waals surface area contributed by atoms with Crippen LogP contribution in [0, 0.1) is 0 Å². The van der Waals surface area contributed by atoms with Crippen molar-refractivity contribution in [1.29, 1.82) is 0 Å². The SMILES string of the molecule is [2H]c1c([2H])c(-c2cccc3c2c2ccccc2n3-c2ccccc2)c([2H])c(N(c2c([2H])c([2H])c(-c3cccc4ccccc34)c([2H])c2[2H])c2cccc3ccccc23)c1[2H]. The number of nitrogens with zero attached hydrogens (tertiary/aromatic N) is 2. The molecule has 2 heteroatoms. The molecule has 0 aliphatic heterocycles. The van der Waals surface area contributed by atoms with Gasteiger partial charge in [0.05, 0.1) is 27.7 Å². The van der Waals surface area contributed by atoms with Gasteiger partial charge in [-0.1, -0.05) is 152 Å². The van der Waals surface area contributed by atoms with Gasteiger partial charge >= 0.3 is 0 Å². The molecule has 0 fully saturated rings. The molecule has 0 N–H and O–H groups in total. The Morgan fingerprint density at radius 1 is 0.423 bits per heavy atom. The van der Waals surface area contributed by atoms with E-state index in [1.807, 2.05) is 140 Å². The Hall–Kier alpha value is -6.90. The first kappa shape index (κ1) is 22.7. The van der Waals surface area contributed by atoms with Crippen LogP contribution in [-0.4, -0.2) is 4.57 Å². The fraction of sp³-hybridized carbons (Fsp3) is 0. The second-order valence-electron chi connectivity index (χ2n) is 12.7. The van der Waals surface area contributed by atoms with Gasteiger partial charge in [0, 0.05) is 33.2 Å². The van der Waals surface area contributed by atoms with E-state index in [4.69, 9.17) is 0 Å². The smallest absolute Gasteiger partial charge is 0.0651 e. The molecule has 10 aromatic rings. The lowest BCUT2D eigenvalue weighted by molar-refractivity contribution is 1.18. The molecule has 2 nitrogen and oxygen atoms in total. The summed E-state index contributed by atoms with van der Waals surface area (Å²) in [5.41, 5.74) is 4.08. The molecule has 0 saturated heterocycles. The number of hydrogen-bond acceptors (Lipinski definition) is 1. The second kappa shape index (κ2) is 12.5. The highest BCUT2D eigenvalue weighted by Crippen LogP contribution is 2.43. The van der Waals surface area contributed by atoms with Crippen LogP contribution in [0.4, 0.5) is 17.1 Å². The molecule has 1 aromatic heterocycles. The molecule has 0 amide bonds. The third-order valence-corrected chi connectivity index (χ3v) is 9.72. The maximum atomic E-state index is 10.1. The standard InChI is InChI=1S/C50H34N2/c1-2-19-39(20-3-1)52-48-27-9-8-24-46(48)50-45(26-13-29-49(50)52)38-18-10-21-41(34-38)51(47-28-12-17-36-15-5-7-23-44(36)47)40-32-30-37(31-33-40)43-25-11-16-35-14-4-6-22-42(35)43/h1-34H/i10D,18D,21D,30D,31D,32D,33D,34D. The zero-order valence-electron chi connectivity index (χ0n) is 35.9. The lowest BCUT2D eigenvalue weighted by Crippen LogP contribution is -2.10. The summed E-state index contributed by atoms with van der Waals surface area (Å²) in [5.74, 6) is 0. The van der Waals surface area contributed by atoms with E-state index in [0.29, 0.717) is 22.2 Å². The topological polar surface area (TPSA) is 8.17 Å². The maximum absolute atomic E-state index is 10.1. The summed E-state index contributed by atoms with van der Waals surface area (Å²) in [6.45, 7) is 0. The fourth-order valence-corrected chi connectivity index (χ4v) is 7.42. The number of anilines is 3. The highest BCUT2D eigenvalue weighted by molar-refractivity contribution is 6.16. The van der Waals surface area contributed by atoms with Crippen LogP contribution in [-0.2, 0) is 0 Å². The van der Waals surface area contributed by atoms with Crippen LogP contribution in [0.3, 0.4) is 0 Å². The van der Waals surface area contributed by atoms with Crippen LogP contribution in [0.5, 0.6) is 0 Å². The molecule has 0 aliphatic rings. The number of aromatic nitrogens is 1. The average Bonchev–Trinajstić information content (AvgIpc) is 3.62. The lowest BCUT2D eigenvalue weighted by Gasteiger charge is -2.27. The molecule has 9 aromatic carbocycles. The molecule has 1 heterocycles. The molecular weight excluding hydrogens is 629 g/mol. The highest BCUT2D eigenvalue weighted by Gasteiger charge is 2.19. The van der Waals surface area contributed by atoms with E-state index in [1.165, 1.54) is 4.90 Å². The Bertz CT molecular complexity index is 3340. The zero-order chi connectivity index (χ0) is 41.4. The first-order chi connectivity index (χ1) is 29.2. The van der Waals surface area contributed by atoms with Crippen molar-refractivity contribution in [3.05, 3.63) is 206 Å². The summed E-state index contributed by atoms with van der Waals surface area (Å²) >= 11 is 0. The van der Waals surface area contributed by atoms with Crippen LogP contribution >= 0.6 is 0 Å². The molecule has 0 aliphatic carbocycles. The van der Waals surface area contributed by atoms with Gasteiger partial charge < -0.3 is 9.47 Å². The summed E-state index contributed by atoms with van der Waals surface area (Å²) in [6, 6.07) is 46.9. The first-order valence-corrected chi connectivity index (χ1v) is 17.2. The molecule has 0 atom stereocenters. The number of fused-ring (bicyclic) bond motifs is 5. The Balaban J connectivity index is 1.31. The van der Waals surface area contributed by atoms with Crippen LogP contribution < -0.4 is 4.90 Å². The summed E-state index contributed by atoms with van der Waals surface area (Å²) in [7, 11) is 0. The van der Waals surface area contributed by atoms with Gasteiger partial charge in [-0.25, -0.2) is 0 Å². The average molecular weight is 671 g/mol. The molecule has 0 unspecified atom stereocenters. The van der Waals surface area contributed by atoms with Gasteiger partial charge in [0.1, 0.15) is 0 Å². The van der Waals surface area contributed by atoms with Crippen molar-refractivity contribution < 1.29 is 11.0 Å². The van der Waals surface area contributed by atoms with Gasteiger partial charge in [0.15, 0.2) is 0 Å². The Morgan fingerprint density at radius 2 is 1.04 bits per heavy atom. The van der Waals surface area contributed by atoms with Gasteiger partial charge in [-0.3, -0.25) is 0 Å².